The highest BCUT2D eigenvalue weighted by Gasteiger charge is 2.03. The lowest BCUT2D eigenvalue weighted by Gasteiger charge is -2.07. The van der Waals surface area contributed by atoms with Gasteiger partial charge in [0, 0.05) is 10.9 Å². The first-order valence-electron chi connectivity index (χ1n) is 5.69. The van der Waals surface area contributed by atoms with Crippen LogP contribution < -0.4 is 21.2 Å². The fourth-order valence-corrected chi connectivity index (χ4v) is 1.58. The quantitative estimate of drug-likeness (QED) is 0.762. The molecule has 0 saturated carbocycles. The summed E-state index contributed by atoms with van der Waals surface area (Å²) in [6, 6.07) is 8.83. The highest BCUT2D eigenvalue weighted by molar-refractivity contribution is 5.94. The highest BCUT2D eigenvalue weighted by Crippen LogP contribution is 2.04. The molecule has 0 aliphatic rings. The van der Waals surface area contributed by atoms with Crippen molar-refractivity contribution in [2.75, 3.05) is 5.32 Å². The summed E-state index contributed by atoms with van der Waals surface area (Å²) in [5.74, 6) is 0. The number of hydrogen-bond acceptors (Lipinski definition) is 2. The number of anilines is 1. The van der Waals surface area contributed by atoms with Crippen molar-refractivity contribution in [1.82, 2.24) is 15.5 Å². The number of carbonyl (C=O) groups excluding carboxylic acids is 1. The van der Waals surface area contributed by atoms with Crippen molar-refractivity contribution < 1.29 is 4.79 Å². The maximum Gasteiger partial charge on any atom is 0.323 e. The number of H-pyrrole nitrogens is 1. The number of hydrogen-bond donors (Lipinski definition) is 3. The fourth-order valence-electron chi connectivity index (χ4n) is 1.58. The van der Waals surface area contributed by atoms with Gasteiger partial charge < -0.3 is 10.6 Å². The minimum Gasteiger partial charge on any atom is -0.308 e. The summed E-state index contributed by atoms with van der Waals surface area (Å²) in [5, 5.41) is 13.3. The number of nitrogens with one attached hydrogen (secondary N) is 3. The van der Waals surface area contributed by atoms with Gasteiger partial charge in [-0.25, -0.2) is 4.79 Å². The van der Waals surface area contributed by atoms with Crippen molar-refractivity contribution in [3.8, 4) is 0 Å². The van der Waals surface area contributed by atoms with Gasteiger partial charge in [0.2, 0.25) is 0 Å². The molecule has 1 heterocycles. The zero-order valence-electron chi connectivity index (χ0n) is 10.3. The second-order valence-electron chi connectivity index (χ2n) is 3.83. The molecule has 0 radical (unpaired) electrons. The smallest absolute Gasteiger partial charge is 0.308 e. The lowest BCUT2D eigenvalue weighted by Crippen LogP contribution is -2.34. The predicted molar refractivity (Wildman–Crippen MR) is 75.6 cm³/mol. The zero-order valence-corrected chi connectivity index (χ0v) is 10.3. The Kier molecular flexibility index (Phi) is 3.78. The summed E-state index contributed by atoms with van der Waals surface area (Å²) < 4.78 is 0. The minimum absolute atomic E-state index is 0.346. The number of para-hydroxylation sites is 1. The first-order chi connectivity index (χ1) is 9.20. The van der Waals surface area contributed by atoms with Gasteiger partial charge in [0.25, 0.3) is 0 Å². The van der Waals surface area contributed by atoms with Crippen LogP contribution >= 0.6 is 0 Å². The Labute approximate surface area is 110 Å². The van der Waals surface area contributed by atoms with E-state index in [1.54, 1.807) is 24.4 Å². The molecule has 0 bridgehead atoms. The van der Waals surface area contributed by atoms with E-state index < -0.39 is 0 Å². The molecule has 2 aromatic rings. The number of amides is 2. The van der Waals surface area contributed by atoms with Crippen molar-refractivity contribution >= 4 is 24.0 Å². The standard InChI is InChI=1S/C14H14N4O/c1-3-13(12-9-15-18-10(12)2)17-14(19)16-11-7-5-4-6-8-11/h3-9,18H,1-2H2,(H2,16,17,19)/b13-12+. The largest absolute Gasteiger partial charge is 0.323 e. The van der Waals surface area contributed by atoms with E-state index in [9.17, 15) is 4.79 Å². The zero-order chi connectivity index (χ0) is 13.7. The van der Waals surface area contributed by atoms with Crippen LogP contribution in [0.4, 0.5) is 10.5 Å². The molecule has 5 heteroatoms. The summed E-state index contributed by atoms with van der Waals surface area (Å²) >= 11 is 0. The van der Waals surface area contributed by atoms with Crippen molar-refractivity contribution in [2.45, 2.75) is 0 Å². The molecule has 0 aliphatic carbocycles. The molecule has 0 spiro atoms. The number of benzene rings is 1. The van der Waals surface area contributed by atoms with Crippen LogP contribution in [0.15, 0.2) is 49.2 Å². The van der Waals surface area contributed by atoms with Gasteiger partial charge in [0.15, 0.2) is 0 Å². The van der Waals surface area contributed by atoms with Crippen molar-refractivity contribution in [3.05, 3.63) is 59.8 Å². The van der Waals surface area contributed by atoms with Gasteiger partial charge in [0.05, 0.1) is 17.2 Å². The average Bonchev–Trinajstić information content (AvgIpc) is 2.83. The number of rotatable bonds is 3. The van der Waals surface area contributed by atoms with E-state index in [2.05, 4.69) is 34.0 Å². The number of carbonyl (C=O) groups is 1. The maximum absolute atomic E-state index is 11.8. The van der Waals surface area contributed by atoms with E-state index >= 15 is 0 Å². The van der Waals surface area contributed by atoms with Gasteiger partial charge in [0.1, 0.15) is 0 Å². The lowest BCUT2D eigenvalue weighted by molar-refractivity contribution is 0.255. The lowest BCUT2D eigenvalue weighted by atomic mass is 10.3. The highest BCUT2D eigenvalue weighted by atomic mass is 16.2. The van der Waals surface area contributed by atoms with Gasteiger partial charge in [-0.3, -0.25) is 5.10 Å². The third-order valence-corrected chi connectivity index (χ3v) is 2.49. The van der Waals surface area contributed by atoms with Gasteiger partial charge in [-0.05, 0) is 18.2 Å². The van der Waals surface area contributed by atoms with Crippen LogP contribution in [0.1, 0.15) is 0 Å². The summed E-state index contributed by atoms with van der Waals surface area (Å²) in [6.07, 6.45) is 3.13. The molecular formula is C14H14N4O. The number of aromatic nitrogens is 2. The second-order valence-corrected chi connectivity index (χ2v) is 3.83. The Morgan fingerprint density at radius 1 is 1.32 bits per heavy atom. The first-order valence-corrected chi connectivity index (χ1v) is 5.69. The minimum atomic E-state index is -0.346. The maximum atomic E-state index is 11.8. The molecule has 1 aromatic heterocycles. The van der Waals surface area contributed by atoms with E-state index in [1.807, 2.05) is 18.2 Å². The van der Waals surface area contributed by atoms with Crippen LogP contribution in [0.5, 0.6) is 0 Å². The Balaban J connectivity index is 2.17. The van der Waals surface area contributed by atoms with Crippen LogP contribution in [0, 0.1) is 0 Å². The van der Waals surface area contributed by atoms with Crippen LogP contribution in [0.25, 0.3) is 12.3 Å². The fraction of sp³-hybridized carbons (Fsp3) is 0. The summed E-state index contributed by atoms with van der Waals surface area (Å²) in [4.78, 5) is 11.8. The summed E-state index contributed by atoms with van der Waals surface area (Å²) in [5.41, 5.74) is 1.26. The molecule has 96 valence electrons. The molecule has 2 rings (SSSR count). The molecule has 0 saturated heterocycles. The number of nitrogens with zero attached hydrogens (tertiary/aromatic N) is 1. The Morgan fingerprint density at radius 2 is 2.05 bits per heavy atom. The normalized spacial score (nSPS) is 11.6. The average molecular weight is 254 g/mol. The van der Waals surface area contributed by atoms with Gasteiger partial charge in [-0.1, -0.05) is 31.4 Å². The van der Waals surface area contributed by atoms with Crippen LogP contribution in [-0.4, -0.2) is 16.2 Å². The van der Waals surface area contributed by atoms with Crippen molar-refractivity contribution in [2.24, 2.45) is 0 Å². The van der Waals surface area contributed by atoms with E-state index in [4.69, 9.17) is 0 Å². The van der Waals surface area contributed by atoms with E-state index in [0.717, 1.165) is 0 Å². The molecule has 0 unspecified atom stereocenters. The van der Waals surface area contributed by atoms with E-state index in [0.29, 0.717) is 22.0 Å². The number of aromatic amines is 1. The topological polar surface area (TPSA) is 69.8 Å². The Bertz CT molecular complexity index is 688. The molecule has 0 atom stereocenters. The van der Waals surface area contributed by atoms with Gasteiger partial charge in [-0.2, -0.15) is 5.10 Å². The third-order valence-electron chi connectivity index (χ3n) is 2.49. The van der Waals surface area contributed by atoms with E-state index in [-0.39, 0.29) is 6.03 Å². The third kappa shape index (κ3) is 3.10. The molecule has 1 aromatic carbocycles. The second kappa shape index (κ2) is 5.68. The molecule has 5 nitrogen and oxygen atoms in total. The molecule has 0 aliphatic heterocycles. The van der Waals surface area contributed by atoms with E-state index in [1.165, 1.54) is 0 Å². The van der Waals surface area contributed by atoms with Crippen molar-refractivity contribution in [1.29, 1.82) is 0 Å². The Morgan fingerprint density at radius 3 is 2.63 bits per heavy atom. The molecular weight excluding hydrogens is 240 g/mol. The predicted octanol–water partition coefficient (Wildman–Crippen LogP) is 0.936. The van der Waals surface area contributed by atoms with Gasteiger partial charge >= 0.3 is 6.03 Å². The van der Waals surface area contributed by atoms with Crippen LogP contribution in [0.3, 0.4) is 0 Å². The van der Waals surface area contributed by atoms with Gasteiger partial charge in [-0.15, -0.1) is 0 Å². The van der Waals surface area contributed by atoms with Crippen LogP contribution in [0.2, 0.25) is 0 Å². The summed E-state index contributed by atoms with van der Waals surface area (Å²) in [7, 11) is 0. The summed E-state index contributed by atoms with van der Waals surface area (Å²) in [6.45, 7) is 7.45. The molecule has 19 heavy (non-hydrogen) atoms. The Hall–Kier alpha value is -2.82. The monoisotopic (exact) mass is 254 g/mol. The molecule has 2 amide bonds. The molecule has 3 N–H and O–H groups in total. The van der Waals surface area contributed by atoms with Crippen LogP contribution in [-0.2, 0) is 0 Å². The first kappa shape index (κ1) is 12.6. The van der Waals surface area contributed by atoms with Crippen molar-refractivity contribution in [3.63, 3.8) is 0 Å². The SMILES string of the molecule is C=C/C(NC(=O)Nc1ccccc1)=c1/cn[nH]c1=C. The molecule has 0 fully saturated rings. The number of urea groups is 1.